The Hall–Kier alpha value is -2.90. The molecule has 0 spiro atoms. The van der Waals surface area contributed by atoms with Crippen molar-refractivity contribution < 1.29 is 13.9 Å². The lowest BCUT2D eigenvalue weighted by Crippen LogP contribution is -2.45. The Balaban J connectivity index is 0.00000167. The fourth-order valence-corrected chi connectivity index (χ4v) is 4.86. The highest BCUT2D eigenvalue weighted by atomic mass is 32.2. The second-order valence-electron chi connectivity index (χ2n) is 8.02. The van der Waals surface area contributed by atoms with Crippen LogP contribution in [0.3, 0.4) is 0 Å². The summed E-state index contributed by atoms with van der Waals surface area (Å²) in [7, 11) is 5.33. The van der Waals surface area contributed by atoms with Gasteiger partial charge in [-0.2, -0.15) is 0 Å². The Kier molecular flexibility index (Phi) is 10.1. The molecule has 188 valence electrons. The van der Waals surface area contributed by atoms with Crippen molar-refractivity contribution in [2.75, 3.05) is 56.7 Å². The summed E-state index contributed by atoms with van der Waals surface area (Å²) in [5, 5.41) is 0. The zero-order valence-corrected chi connectivity index (χ0v) is 22.1. The minimum atomic E-state index is -0.214. The molecule has 0 bridgehead atoms. The summed E-state index contributed by atoms with van der Waals surface area (Å²) in [5.41, 5.74) is 3.54. The highest BCUT2D eigenvalue weighted by molar-refractivity contribution is 8.00. The van der Waals surface area contributed by atoms with Crippen LogP contribution in [0.15, 0.2) is 71.6 Å². The van der Waals surface area contributed by atoms with Gasteiger partial charge in [0.25, 0.3) is 0 Å². The van der Waals surface area contributed by atoms with Crippen LogP contribution < -0.4 is 18.7 Å². The van der Waals surface area contributed by atoms with E-state index in [2.05, 4.69) is 50.5 Å². The van der Waals surface area contributed by atoms with Crippen LogP contribution >= 0.6 is 11.9 Å². The van der Waals surface area contributed by atoms with Gasteiger partial charge < -0.3 is 18.7 Å². The lowest BCUT2D eigenvalue weighted by atomic mass is 10.1. The van der Waals surface area contributed by atoms with E-state index in [0.29, 0.717) is 0 Å². The Bertz CT molecular complexity index is 1060. The van der Waals surface area contributed by atoms with Crippen molar-refractivity contribution in [3.8, 4) is 11.5 Å². The average Bonchev–Trinajstić information content (AvgIpc) is 2.90. The molecule has 0 unspecified atom stereocenters. The fourth-order valence-electron chi connectivity index (χ4n) is 4.01. The smallest absolute Gasteiger partial charge is 0.161 e. The minimum absolute atomic E-state index is 0.214. The molecule has 0 amide bonds. The number of ether oxygens (including phenoxy) is 2. The van der Waals surface area contributed by atoms with Gasteiger partial charge in [-0.25, -0.2) is 4.39 Å². The van der Waals surface area contributed by atoms with Crippen LogP contribution in [0.1, 0.15) is 19.4 Å². The van der Waals surface area contributed by atoms with Crippen molar-refractivity contribution in [3.05, 3.63) is 78.1 Å². The van der Waals surface area contributed by atoms with Crippen molar-refractivity contribution in [1.82, 2.24) is 4.90 Å². The first-order valence-electron chi connectivity index (χ1n) is 12.0. The van der Waals surface area contributed by atoms with E-state index in [9.17, 15) is 4.39 Å². The summed E-state index contributed by atoms with van der Waals surface area (Å²) < 4.78 is 26.3. The number of methoxy groups -OCH3 is 2. The Morgan fingerprint density at radius 3 is 2.17 bits per heavy atom. The Morgan fingerprint density at radius 1 is 0.857 bits per heavy atom. The van der Waals surface area contributed by atoms with E-state index in [1.807, 2.05) is 33.0 Å². The zero-order chi connectivity index (χ0) is 25.2. The Morgan fingerprint density at radius 2 is 1.54 bits per heavy atom. The van der Waals surface area contributed by atoms with Crippen molar-refractivity contribution in [2.24, 2.45) is 0 Å². The topological polar surface area (TPSA) is 28.2 Å². The minimum Gasteiger partial charge on any atom is -0.493 e. The van der Waals surface area contributed by atoms with Gasteiger partial charge in [0, 0.05) is 56.0 Å². The summed E-state index contributed by atoms with van der Waals surface area (Å²) >= 11 is 1.51. The highest BCUT2D eigenvalue weighted by Crippen LogP contribution is 2.30. The molecule has 3 aromatic carbocycles. The first-order chi connectivity index (χ1) is 17.1. The van der Waals surface area contributed by atoms with Crippen LogP contribution in [-0.4, -0.2) is 52.3 Å². The van der Waals surface area contributed by atoms with Gasteiger partial charge in [-0.1, -0.05) is 26.0 Å². The first kappa shape index (κ1) is 26.7. The molecule has 7 heteroatoms. The zero-order valence-electron chi connectivity index (χ0n) is 21.3. The van der Waals surface area contributed by atoms with Gasteiger partial charge in [0.15, 0.2) is 11.5 Å². The van der Waals surface area contributed by atoms with E-state index in [-0.39, 0.29) is 5.82 Å². The van der Waals surface area contributed by atoms with Crippen LogP contribution in [0, 0.1) is 5.82 Å². The third kappa shape index (κ3) is 7.29. The molecule has 5 nitrogen and oxygen atoms in total. The van der Waals surface area contributed by atoms with E-state index >= 15 is 0 Å². The molecule has 1 aliphatic heterocycles. The maximum atomic E-state index is 13.4. The van der Waals surface area contributed by atoms with Gasteiger partial charge in [0.2, 0.25) is 0 Å². The molecule has 0 saturated carbocycles. The van der Waals surface area contributed by atoms with Gasteiger partial charge in [-0.3, -0.25) is 4.90 Å². The molecule has 0 atom stereocenters. The van der Waals surface area contributed by atoms with Gasteiger partial charge in [0.1, 0.15) is 5.82 Å². The molecule has 1 fully saturated rings. The number of piperazine rings is 1. The maximum absolute atomic E-state index is 13.4. The molecular weight excluding hydrogens is 461 g/mol. The van der Waals surface area contributed by atoms with Crippen LogP contribution in [-0.2, 0) is 6.54 Å². The molecular formula is C28H36FN3O2S. The van der Waals surface area contributed by atoms with Crippen molar-refractivity contribution in [1.29, 1.82) is 0 Å². The number of nitrogens with zero attached hydrogens (tertiary/aromatic N) is 3. The first-order valence-corrected chi connectivity index (χ1v) is 12.8. The predicted octanol–water partition coefficient (Wildman–Crippen LogP) is 6.33. The van der Waals surface area contributed by atoms with Crippen molar-refractivity contribution >= 4 is 23.3 Å². The summed E-state index contributed by atoms with van der Waals surface area (Å²) in [6, 6.07) is 21.4. The number of hydrogen-bond acceptors (Lipinski definition) is 6. The van der Waals surface area contributed by atoms with E-state index in [1.165, 1.54) is 29.3 Å². The summed E-state index contributed by atoms with van der Waals surface area (Å²) in [6.45, 7) is 8.88. The normalized spacial score (nSPS) is 13.6. The fraction of sp³-hybridized carbons (Fsp3) is 0.357. The Labute approximate surface area is 213 Å². The summed E-state index contributed by atoms with van der Waals surface area (Å²) in [5.74, 6) is 1.32. The van der Waals surface area contributed by atoms with Gasteiger partial charge in [-0.15, -0.1) is 0 Å². The largest absolute Gasteiger partial charge is 0.493 e. The summed E-state index contributed by atoms with van der Waals surface area (Å²) in [4.78, 5) is 5.77. The van der Waals surface area contributed by atoms with Crippen LogP contribution in [0.25, 0.3) is 0 Å². The average molecular weight is 498 g/mol. The molecule has 1 saturated heterocycles. The van der Waals surface area contributed by atoms with E-state index in [1.54, 1.807) is 26.4 Å². The molecule has 1 heterocycles. The molecule has 0 N–H and O–H groups in total. The van der Waals surface area contributed by atoms with E-state index < -0.39 is 0 Å². The lowest BCUT2D eigenvalue weighted by Gasteiger charge is -2.36. The van der Waals surface area contributed by atoms with Crippen molar-refractivity contribution in [2.45, 2.75) is 25.3 Å². The molecule has 4 rings (SSSR count). The molecule has 0 aromatic heterocycles. The third-order valence-electron chi connectivity index (χ3n) is 5.84. The molecule has 1 aliphatic rings. The number of hydrogen-bond donors (Lipinski definition) is 0. The monoisotopic (exact) mass is 497 g/mol. The van der Waals surface area contributed by atoms with E-state index in [4.69, 9.17) is 9.47 Å². The SMILES string of the molecule is CC.COc1ccc(CN2CCN(c3ccc(N(C)Sc4cccc(F)c4)cc3)CC2)cc1OC. The van der Waals surface area contributed by atoms with Crippen LogP contribution in [0.4, 0.5) is 15.8 Å². The maximum Gasteiger partial charge on any atom is 0.161 e. The number of halogens is 1. The number of anilines is 2. The van der Waals surface area contributed by atoms with Gasteiger partial charge >= 0.3 is 0 Å². The second-order valence-corrected chi connectivity index (χ2v) is 9.22. The summed E-state index contributed by atoms with van der Waals surface area (Å²) in [6.07, 6.45) is 0. The predicted molar refractivity (Wildman–Crippen MR) is 145 cm³/mol. The second kappa shape index (κ2) is 13.3. The van der Waals surface area contributed by atoms with Gasteiger partial charge in [-0.05, 0) is 72.1 Å². The highest BCUT2D eigenvalue weighted by Gasteiger charge is 2.18. The van der Waals surface area contributed by atoms with Gasteiger partial charge in [0.05, 0.1) is 14.2 Å². The van der Waals surface area contributed by atoms with Crippen LogP contribution in [0.5, 0.6) is 11.5 Å². The molecule has 0 radical (unpaired) electrons. The van der Waals surface area contributed by atoms with Crippen LogP contribution in [0.2, 0.25) is 0 Å². The third-order valence-corrected chi connectivity index (χ3v) is 6.79. The van der Waals surface area contributed by atoms with E-state index in [0.717, 1.165) is 54.8 Å². The molecule has 0 aliphatic carbocycles. The molecule has 3 aromatic rings. The quantitative estimate of drug-likeness (QED) is 0.338. The molecule has 35 heavy (non-hydrogen) atoms. The number of rotatable bonds is 8. The lowest BCUT2D eigenvalue weighted by molar-refractivity contribution is 0.249. The number of benzene rings is 3. The standard InChI is InChI=1S/C26H30FN3O2S.C2H6/c1-28(33-24-6-4-5-21(27)18-24)22-8-10-23(11-9-22)30-15-13-29(14-16-30)19-20-7-12-25(31-2)26(17-20)32-3;1-2/h4-12,17-18H,13-16,19H2,1-3H3;1-2H3. The van der Waals surface area contributed by atoms with Crippen molar-refractivity contribution in [3.63, 3.8) is 0 Å².